The average Bonchev–Trinajstić information content (AvgIpc) is 3.48. The van der Waals surface area contributed by atoms with E-state index in [1.165, 1.54) is 4.57 Å². The third-order valence-corrected chi connectivity index (χ3v) is 6.90. The maximum absolute atomic E-state index is 13.1. The van der Waals surface area contributed by atoms with Crippen molar-refractivity contribution in [1.82, 2.24) is 39.4 Å². The number of hydrogen-bond donors (Lipinski definition) is 2. The smallest absolute Gasteiger partial charge is 0.256 e. The third-order valence-electron chi connectivity index (χ3n) is 6.90. The average molecular weight is 519 g/mol. The quantitative estimate of drug-likeness (QED) is 0.336. The lowest BCUT2D eigenvalue weighted by Crippen LogP contribution is -2.44. The predicted molar refractivity (Wildman–Crippen MR) is 142 cm³/mol. The predicted octanol–water partition coefficient (Wildman–Crippen LogP) is 3.70. The Morgan fingerprint density at radius 1 is 1.00 bits per heavy atom. The summed E-state index contributed by atoms with van der Waals surface area (Å²) >= 11 is 0. The zero-order valence-electron chi connectivity index (χ0n) is 21.2. The molecular formula is C26H28F2N10. The number of piperazine rings is 1. The fourth-order valence-electron chi connectivity index (χ4n) is 4.75. The van der Waals surface area contributed by atoms with Crippen LogP contribution in [0.2, 0.25) is 0 Å². The number of halogens is 2. The van der Waals surface area contributed by atoms with Crippen LogP contribution in [0, 0.1) is 6.92 Å². The first-order chi connectivity index (χ1) is 18.4. The molecule has 5 aromatic heterocycles. The van der Waals surface area contributed by atoms with Crippen LogP contribution in [0.5, 0.6) is 0 Å². The molecule has 6 heterocycles. The summed E-state index contributed by atoms with van der Waals surface area (Å²) in [6, 6.07) is 7.75. The molecule has 0 bridgehead atoms. The number of fused-ring (bicyclic) bond motifs is 2. The highest BCUT2D eigenvalue weighted by atomic mass is 19.3. The van der Waals surface area contributed by atoms with Gasteiger partial charge in [-0.05, 0) is 37.7 Å². The molecule has 5 aromatic rings. The van der Waals surface area contributed by atoms with Crippen molar-refractivity contribution in [3.05, 3.63) is 54.2 Å². The number of aromatic amines is 1. The Hall–Kier alpha value is -4.19. The summed E-state index contributed by atoms with van der Waals surface area (Å²) in [6.07, 6.45) is 2.93. The van der Waals surface area contributed by atoms with Gasteiger partial charge in [-0.15, -0.1) is 0 Å². The molecule has 6 rings (SSSR count). The summed E-state index contributed by atoms with van der Waals surface area (Å²) in [4.78, 5) is 30.5. The number of anilines is 2. The standard InChI is InChI=1S/C26H28F2N10/c1-16-33-21-5-4-20(34-25(21)38(16)15-22(27)28)18-13-30-24-19(18)14-32-26(35-24)31-12-17-3-6-23(29-11-17)37-9-7-36(2)8-10-37/h3-6,11,13-14,22H,7-10,12,15H2,1-2H3,(H2,30,31,32,35). The number of nitrogens with zero attached hydrogens (tertiary/aromatic N) is 8. The summed E-state index contributed by atoms with van der Waals surface area (Å²) in [5.74, 6) is 1.99. The highest BCUT2D eigenvalue weighted by Gasteiger charge is 2.17. The van der Waals surface area contributed by atoms with E-state index in [9.17, 15) is 8.78 Å². The maximum Gasteiger partial charge on any atom is 0.256 e. The van der Waals surface area contributed by atoms with Crippen LogP contribution in [-0.4, -0.2) is 79.0 Å². The lowest BCUT2D eigenvalue weighted by atomic mass is 10.1. The van der Waals surface area contributed by atoms with Crippen LogP contribution in [-0.2, 0) is 13.1 Å². The number of likely N-dealkylation sites (N-methyl/N-ethyl adjacent to an activating group) is 1. The van der Waals surface area contributed by atoms with Crippen LogP contribution in [0.15, 0.2) is 42.9 Å². The fraction of sp³-hybridized carbons (Fsp3) is 0.346. The van der Waals surface area contributed by atoms with Crippen molar-refractivity contribution in [3.63, 3.8) is 0 Å². The minimum Gasteiger partial charge on any atom is -0.354 e. The third kappa shape index (κ3) is 4.74. The molecule has 0 unspecified atom stereocenters. The van der Waals surface area contributed by atoms with Gasteiger partial charge in [0.2, 0.25) is 5.95 Å². The van der Waals surface area contributed by atoms with Crippen LogP contribution in [0.25, 0.3) is 33.5 Å². The van der Waals surface area contributed by atoms with E-state index >= 15 is 0 Å². The number of imidazole rings is 1. The summed E-state index contributed by atoms with van der Waals surface area (Å²) in [5.41, 5.74) is 4.13. The summed E-state index contributed by atoms with van der Waals surface area (Å²) in [6.45, 7) is 5.85. The lowest BCUT2D eigenvalue weighted by Gasteiger charge is -2.33. The number of alkyl halides is 2. The van der Waals surface area contributed by atoms with Gasteiger partial charge in [0.15, 0.2) is 5.65 Å². The summed E-state index contributed by atoms with van der Waals surface area (Å²) in [7, 11) is 2.14. The van der Waals surface area contributed by atoms with Gasteiger partial charge < -0.3 is 24.7 Å². The van der Waals surface area contributed by atoms with E-state index in [4.69, 9.17) is 0 Å². The number of rotatable bonds is 7. The van der Waals surface area contributed by atoms with Gasteiger partial charge in [-0.2, -0.15) is 4.98 Å². The van der Waals surface area contributed by atoms with Crippen LogP contribution in [0.3, 0.4) is 0 Å². The zero-order valence-corrected chi connectivity index (χ0v) is 21.2. The molecule has 0 radical (unpaired) electrons. The Labute approximate surface area is 217 Å². The highest BCUT2D eigenvalue weighted by Crippen LogP contribution is 2.28. The van der Waals surface area contributed by atoms with Crippen molar-refractivity contribution in [1.29, 1.82) is 0 Å². The number of aryl methyl sites for hydroxylation is 1. The number of H-pyrrole nitrogens is 1. The van der Waals surface area contributed by atoms with Gasteiger partial charge in [0.25, 0.3) is 6.43 Å². The molecule has 2 N–H and O–H groups in total. The molecule has 0 aliphatic carbocycles. The van der Waals surface area contributed by atoms with Gasteiger partial charge >= 0.3 is 0 Å². The van der Waals surface area contributed by atoms with Crippen LogP contribution in [0.4, 0.5) is 20.5 Å². The Kier molecular flexibility index (Phi) is 6.32. The Morgan fingerprint density at radius 2 is 1.84 bits per heavy atom. The van der Waals surface area contributed by atoms with E-state index in [0.29, 0.717) is 40.8 Å². The monoisotopic (exact) mass is 518 g/mol. The first kappa shape index (κ1) is 24.2. The molecule has 0 atom stereocenters. The Bertz CT molecular complexity index is 1570. The molecule has 1 fully saturated rings. The van der Waals surface area contributed by atoms with Crippen molar-refractivity contribution in [3.8, 4) is 11.3 Å². The molecule has 0 spiro atoms. The van der Waals surface area contributed by atoms with Gasteiger partial charge in [0.1, 0.15) is 22.8 Å². The van der Waals surface area contributed by atoms with Gasteiger partial charge in [-0.25, -0.2) is 28.7 Å². The number of aromatic nitrogens is 7. The summed E-state index contributed by atoms with van der Waals surface area (Å²) in [5, 5.41) is 4.05. The first-order valence-electron chi connectivity index (χ1n) is 12.5. The van der Waals surface area contributed by atoms with Crippen LogP contribution >= 0.6 is 0 Å². The van der Waals surface area contributed by atoms with E-state index in [2.05, 4.69) is 64.2 Å². The van der Waals surface area contributed by atoms with Gasteiger partial charge in [0, 0.05) is 62.3 Å². The minimum absolute atomic E-state index is 0.432. The van der Waals surface area contributed by atoms with Crippen molar-refractivity contribution in [2.45, 2.75) is 26.4 Å². The maximum atomic E-state index is 13.1. The normalized spacial score (nSPS) is 14.7. The van der Waals surface area contributed by atoms with Crippen LogP contribution < -0.4 is 10.2 Å². The topological polar surface area (TPSA) is 104 Å². The summed E-state index contributed by atoms with van der Waals surface area (Å²) < 4.78 is 27.6. The van der Waals surface area contributed by atoms with Gasteiger partial charge in [-0.1, -0.05) is 6.07 Å². The largest absolute Gasteiger partial charge is 0.354 e. The number of nitrogens with one attached hydrogen (secondary N) is 2. The molecule has 1 aliphatic heterocycles. The highest BCUT2D eigenvalue weighted by molar-refractivity contribution is 5.93. The van der Waals surface area contributed by atoms with E-state index < -0.39 is 13.0 Å². The zero-order chi connectivity index (χ0) is 26.2. The Morgan fingerprint density at radius 3 is 2.61 bits per heavy atom. The van der Waals surface area contributed by atoms with Crippen molar-refractivity contribution in [2.75, 3.05) is 43.4 Å². The van der Waals surface area contributed by atoms with Crippen molar-refractivity contribution < 1.29 is 8.78 Å². The fourth-order valence-corrected chi connectivity index (χ4v) is 4.75. The minimum atomic E-state index is -2.49. The second-order valence-corrected chi connectivity index (χ2v) is 9.53. The SMILES string of the molecule is Cc1nc2ccc(-c3c[nH]c4nc(NCc5ccc(N6CCN(C)CC6)nc5)ncc34)nc2n1CC(F)F. The molecule has 1 aliphatic rings. The molecule has 12 heteroatoms. The molecule has 10 nitrogen and oxygen atoms in total. The van der Waals surface area contributed by atoms with Crippen molar-refractivity contribution in [2.24, 2.45) is 0 Å². The molecule has 38 heavy (non-hydrogen) atoms. The first-order valence-corrected chi connectivity index (χ1v) is 12.5. The molecular weight excluding hydrogens is 490 g/mol. The van der Waals surface area contributed by atoms with E-state index in [0.717, 1.165) is 48.5 Å². The van der Waals surface area contributed by atoms with Crippen molar-refractivity contribution >= 4 is 34.0 Å². The molecule has 0 aromatic carbocycles. The number of pyridine rings is 2. The molecule has 0 amide bonds. The number of hydrogen-bond acceptors (Lipinski definition) is 8. The molecule has 0 saturated carbocycles. The second-order valence-electron chi connectivity index (χ2n) is 9.53. The second kappa shape index (κ2) is 9.93. The lowest BCUT2D eigenvalue weighted by molar-refractivity contribution is 0.127. The Balaban J connectivity index is 1.17. The van der Waals surface area contributed by atoms with E-state index in [1.54, 1.807) is 25.4 Å². The van der Waals surface area contributed by atoms with Crippen LogP contribution in [0.1, 0.15) is 11.4 Å². The van der Waals surface area contributed by atoms with E-state index in [-0.39, 0.29) is 0 Å². The van der Waals surface area contributed by atoms with E-state index in [1.807, 2.05) is 12.3 Å². The molecule has 196 valence electrons. The van der Waals surface area contributed by atoms with Gasteiger partial charge in [-0.3, -0.25) is 0 Å². The molecule has 1 saturated heterocycles. The van der Waals surface area contributed by atoms with Gasteiger partial charge in [0.05, 0.1) is 12.2 Å².